The minimum absolute atomic E-state index is 0.200. The first-order valence-corrected chi connectivity index (χ1v) is 10.5. The first kappa shape index (κ1) is 22.1. The lowest BCUT2D eigenvalue weighted by Gasteiger charge is -2.35. The lowest BCUT2D eigenvalue weighted by Crippen LogP contribution is -2.49. The molecule has 0 unspecified atom stereocenters. The van der Waals surface area contributed by atoms with Gasteiger partial charge in [-0.05, 0) is 36.6 Å². The molecule has 4 rings (SSSR count). The second kappa shape index (κ2) is 8.81. The molecule has 1 aromatic heterocycles. The van der Waals surface area contributed by atoms with Gasteiger partial charge in [0, 0.05) is 57.7 Å². The summed E-state index contributed by atoms with van der Waals surface area (Å²) in [5.41, 5.74) is 0.638. The van der Waals surface area contributed by atoms with E-state index >= 15 is 0 Å². The number of alkyl halides is 3. The quantitative estimate of drug-likeness (QED) is 0.770. The number of carbonyl (C=O) groups excluding carboxylic acids is 1. The van der Waals surface area contributed by atoms with Crippen LogP contribution in [0.1, 0.15) is 34.5 Å². The minimum Gasteiger partial charge on any atom is -0.476 e. The van der Waals surface area contributed by atoms with E-state index in [1.165, 1.54) is 18.3 Å². The van der Waals surface area contributed by atoms with Crippen LogP contribution in [-0.4, -0.2) is 76.0 Å². The summed E-state index contributed by atoms with van der Waals surface area (Å²) in [7, 11) is 0. The molecule has 0 bridgehead atoms. The number of benzene rings is 1. The van der Waals surface area contributed by atoms with Gasteiger partial charge in [-0.15, -0.1) is 0 Å². The summed E-state index contributed by atoms with van der Waals surface area (Å²) < 4.78 is 40.7. The van der Waals surface area contributed by atoms with Gasteiger partial charge in [0.2, 0.25) is 0 Å². The first-order valence-electron chi connectivity index (χ1n) is 10.5. The zero-order valence-electron chi connectivity index (χ0n) is 17.4. The molecule has 1 aromatic carbocycles. The second-order valence-electron chi connectivity index (χ2n) is 8.03. The van der Waals surface area contributed by atoms with Gasteiger partial charge in [0.1, 0.15) is 0 Å². The fourth-order valence-corrected chi connectivity index (χ4v) is 4.15. The molecule has 1 amide bonds. The van der Waals surface area contributed by atoms with Gasteiger partial charge in [-0.2, -0.15) is 23.0 Å². The van der Waals surface area contributed by atoms with Crippen LogP contribution >= 0.6 is 0 Å². The molecule has 0 aliphatic carbocycles. The van der Waals surface area contributed by atoms with Gasteiger partial charge in [0.05, 0.1) is 5.56 Å². The highest BCUT2D eigenvalue weighted by Crippen LogP contribution is 2.35. The predicted octanol–water partition coefficient (Wildman–Crippen LogP) is 2.99. The Hall–Kier alpha value is -3.08. The molecule has 32 heavy (non-hydrogen) atoms. The third-order valence-corrected chi connectivity index (χ3v) is 5.90. The number of carboxylic acids is 1. The number of hydrogen-bond donors (Lipinski definition) is 1. The maximum atomic E-state index is 13.2. The summed E-state index contributed by atoms with van der Waals surface area (Å²) in [5, 5.41) is 12.7. The van der Waals surface area contributed by atoms with Crippen LogP contribution in [0.5, 0.6) is 0 Å². The molecule has 0 saturated carbocycles. The van der Waals surface area contributed by atoms with Gasteiger partial charge >= 0.3 is 18.2 Å². The average Bonchev–Trinajstić information content (AvgIpc) is 3.46. The Bertz CT molecular complexity index is 993. The third-order valence-electron chi connectivity index (χ3n) is 5.90. The molecule has 0 radical (unpaired) electrons. The highest BCUT2D eigenvalue weighted by molar-refractivity contribution is 5.86. The zero-order chi connectivity index (χ0) is 22.9. The monoisotopic (exact) mass is 451 g/mol. The van der Waals surface area contributed by atoms with Crippen LogP contribution in [-0.2, 0) is 12.7 Å². The molecule has 172 valence electrons. The van der Waals surface area contributed by atoms with Crippen molar-refractivity contribution in [2.75, 3.05) is 44.2 Å². The van der Waals surface area contributed by atoms with Crippen molar-refractivity contribution in [2.45, 2.75) is 25.6 Å². The largest absolute Gasteiger partial charge is 0.476 e. The number of aromatic nitrogens is 2. The van der Waals surface area contributed by atoms with Crippen LogP contribution in [0.15, 0.2) is 30.5 Å². The summed E-state index contributed by atoms with van der Waals surface area (Å²) in [4.78, 5) is 29.2. The van der Waals surface area contributed by atoms with E-state index in [2.05, 4.69) is 10.00 Å². The average molecular weight is 451 g/mol. The SMILES string of the molecule is O=C(O)c1ccn(C(=O)N2CCN(Cc3ccc(C(F)(F)F)cc3N3CCCC3)CC2)n1. The Kier molecular flexibility index (Phi) is 6.09. The van der Waals surface area contributed by atoms with Crippen molar-refractivity contribution in [2.24, 2.45) is 0 Å². The molecule has 1 N–H and O–H groups in total. The van der Waals surface area contributed by atoms with E-state index in [1.807, 2.05) is 4.90 Å². The number of hydrogen-bond acceptors (Lipinski definition) is 5. The van der Waals surface area contributed by atoms with E-state index < -0.39 is 23.7 Å². The topological polar surface area (TPSA) is 81.9 Å². The summed E-state index contributed by atoms with van der Waals surface area (Å²) in [6.45, 7) is 3.94. The second-order valence-corrected chi connectivity index (χ2v) is 8.03. The number of anilines is 1. The van der Waals surface area contributed by atoms with E-state index in [-0.39, 0.29) is 5.69 Å². The maximum absolute atomic E-state index is 13.2. The maximum Gasteiger partial charge on any atom is 0.416 e. The normalized spacial score (nSPS) is 17.7. The standard InChI is InChI=1S/C21H24F3N5O3/c22-21(23,24)16-4-3-15(18(13-16)27-6-1-2-7-27)14-26-9-11-28(12-10-26)20(32)29-8-5-17(25-29)19(30)31/h3-5,8,13H,1-2,6-7,9-12,14H2,(H,30,31). The van der Waals surface area contributed by atoms with E-state index in [0.29, 0.717) is 38.4 Å². The predicted molar refractivity (Wildman–Crippen MR) is 110 cm³/mol. The smallest absolute Gasteiger partial charge is 0.416 e. The number of halogens is 3. The van der Waals surface area contributed by atoms with Crippen LogP contribution in [0.25, 0.3) is 0 Å². The van der Waals surface area contributed by atoms with Crippen LogP contribution in [0.3, 0.4) is 0 Å². The number of nitrogens with zero attached hydrogens (tertiary/aromatic N) is 5. The Labute approximate surface area is 182 Å². The minimum atomic E-state index is -4.38. The summed E-state index contributed by atoms with van der Waals surface area (Å²) in [5.74, 6) is -1.20. The molecule has 2 saturated heterocycles. The van der Waals surface area contributed by atoms with Crippen molar-refractivity contribution in [3.63, 3.8) is 0 Å². The summed E-state index contributed by atoms with van der Waals surface area (Å²) in [6.07, 6.45) is -1.13. The highest BCUT2D eigenvalue weighted by atomic mass is 19.4. The van der Waals surface area contributed by atoms with Gasteiger partial charge < -0.3 is 14.9 Å². The number of aromatic carboxylic acids is 1. The molecule has 0 spiro atoms. The number of piperazine rings is 1. The lowest BCUT2D eigenvalue weighted by molar-refractivity contribution is -0.137. The van der Waals surface area contributed by atoms with Gasteiger partial charge in [-0.25, -0.2) is 9.59 Å². The molecule has 2 aliphatic heterocycles. The molecule has 0 atom stereocenters. The van der Waals surface area contributed by atoms with Crippen LogP contribution < -0.4 is 4.90 Å². The van der Waals surface area contributed by atoms with Crippen LogP contribution in [0.2, 0.25) is 0 Å². The van der Waals surface area contributed by atoms with E-state index in [1.54, 1.807) is 11.0 Å². The van der Waals surface area contributed by atoms with Crippen molar-refractivity contribution in [1.29, 1.82) is 0 Å². The fourth-order valence-electron chi connectivity index (χ4n) is 4.15. The molecule has 2 aliphatic rings. The Morgan fingerprint density at radius 1 is 1.00 bits per heavy atom. The molecule has 8 nitrogen and oxygen atoms in total. The molecule has 2 fully saturated rings. The molecule has 2 aromatic rings. The highest BCUT2D eigenvalue weighted by Gasteiger charge is 2.32. The van der Waals surface area contributed by atoms with Crippen LogP contribution in [0.4, 0.5) is 23.7 Å². The van der Waals surface area contributed by atoms with E-state index in [9.17, 15) is 22.8 Å². The van der Waals surface area contributed by atoms with Gasteiger partial charge in [0.25, 0.3) is 0 Å². The molecular formula is C21H24F3N5O3. The fraction of sp³-hybridized carbons (Fsp3) is 0.476. The Balaban J connectivity index is 1.42. The summed E-state index contributed by atoms with van der Waals surface area (Å²) >= 11 is 0. The Morgan fingerprint density at radius 3 is 2.28 bits per heavy atom. The van der Waals surface area contributed by atoms with Crippen molar-refractivity contribution in [3.8, 4) is 0 Å². The molecule has 11 heteroatoms. The molecular weight excluding hydrogens is 427 g/mol. The van der Waals surface area contributed by atoms with Gasteiger partial charge in [0.15, 0.2) is 5.69 Å². The van der Waals surface area contributed by atoms with Crippen molar-refractivity contribution in [1.82, 2.24) is 19.6 Å². The number of amides is 1. The lowest BCUT2D eigenvalue weighted by atomic mass is 10.1. The van der Waals surface area contributed by atoms with Gasteiger partial charge in [-0.1, -0.05) is 6.07 Å². The zero-order valence-corrected chi connectivity index (χ0v) is 17.4. The third kappa shape index (κ3) is 4.72. The molecule has 3 heterocycles. The number of carboxylic acid groups (broad SMARTS) is 1. The number of carbonyl (C=O) groups is 2. The van der Waals surface area contributed by atoms with E-state index in [0.717, 1.165) is 42.2 Å². The Morgan fingerprint density at radius 2 is 1.69 bits per heavy atom. The van der Waals surface area contributed by atoms with Crippen molar-refractivity contribution in [3.05, 3.63) is 47.3 Å². The number of rotatable bonds is 4. The van der Waals surface area contributed by atoms with Crippen molar-refractivity contribution >= 4 is 17.7 Å². The van der Waals surface area contributed by atoms with Crippen LogP contribution in [0, 0.1) is 0 Å². The van der Waals surface area contributed by atoms with Crippen molar-refractivity contribution < 1.29 is 27.9 Å². The van der Waals surface area contributed by atoms with E-state index in [4.69, 9.17) is 5.11 Å². The summed E-state index contributed by atoms with van der Waals surface area (Å²) in [6, 6.07) is 4.81. The first-order chi connectivity index (χ1) is 15.2. The van der Waals surface area contributed by atoms with Gasteiger partial charge in [-0.3, -0.25) is 4.90 Å².